The minimum Gasteiger partial charge on any atom is -0.489 e. The zero-order valence-electron chi connectivity index (χ0n) is 19.1. The Morgan fingerprint density at radius 2 is 1.61 bits per heavy atom. The molecule has 0 aromatic heterocycles. The molecule has 0 spiro atoms. The van der Waals surface area contributed by atoms with E-state index in [-0.39, 0.29) is 29.4 Å². The van der Waals surface area contributed by atoms with Gasteiger partial charge in [0.2, 0.25) is 0 Å². The van der Waals surface area contributed by atoms with Gasteiger partial charge in [0.05, 0.1) is 17.5 Å². The number of benzene rings is 3. The molecule has 2 saturated heterocycles. The highest BCUT2D eigenvalue weighted by atomic mass is 35.5. The third-order valence-corrected chi connectivity index (χ3v) is 9.29. The molecule has 0 bridgehead atoms. The molecule has 5 rings (SSSR count). The van der Waals surface area contributed by atoms with Gasteiger partial charge in [-0.05, 0) is 54.1 Å². The highest BCUT2D eigenvalue weighted by Crippen LogP contribution is 2.41. The van der Waals surface area contributed by atoms with Gasteiger partial charge < -0.3 is 14.4 Å². The van der Waals surface area contributed by atoms with E-state index in [2.05, 4.69) is 4.99 Å². The second kappa shape index (κ2) is 10.5. The highest BCUT2D eigenvalue weighted by molar-refractivity contribution is 8.16. The number of amides is 1. The minimum absolute atomic E-state index is 0.0193. The van der Waals surface area contributed by atoms with Gasteiger partial charge in [0.25, 0.3) is 5.91 Å². The molecule has 186 valence electrons. The Kier molecular flexibility index (Phi) is 7.22. The summed E-state index contributed by atoms with van der Waals surface area (Å²) in [5, 5.41) is 0.861. The zero-order chi connectivity index (χ0) is 25.1. The second-order valence-corrected chi connectivity index (χ2v) is 12.3. The fraction of sp³-hybridized carbons (Fsp3) is 0.231. The Morgan fingerprint density at radius 3 is 2.33 bits per heavy atom. The van der Waals surface area contributed by atoms with E-state index in [1.807, 2.05) is 59.5 Å². The molecular weight excluding hydrogens is 520 g/mol. The number of amidine groups is 1. The van der Waals surface area contributed by atoms with Gasteiger partial charge in [-0.3, -0.25) is 4.79 Å². The lowest BCUT2D eigenvalue weighted by atomic mass is 10.2. The van der Waals surface area contributed by atoms with E-state index in [4.69, 9.17) is 21.1 Å². The van der Waals surface area contributed by atoms with Crippen LogP contribution in [0.5, 0.6) is 11.5 Å². The van der Waals surface area contributed by atoms with Crippen LogP contribution < -0.4 is 14.4 Å². The van der Waals surface area contributed by atoms with Crippen LogP contribution in [0.3, 0.4) is 0 Å². The summed E-state index contributed by atoms with van der Waals surface area (Å²) in [6.45, 7) is 0.205. The maximum atomic E-state index is 12.6. The molecule has 7 nitrogen and oxygen atoms in total. The molecule has 2 fully saturated rings. The van der Waals surface area contributed by atoms with Gasteiger partial charge in [0.15, 0.2) is 21.6 Å². The van der Waals surface area contributed by atoms with Gasteiger partial charge >= 0.3 is 0 Å². The van der Waals surface area contributed by atoms with E-state index in [0.717, 1.165) is 11.3 Å². The summed E-state index contributed by atoms with van der Waals surface area (Å²) in [6.07, 6.45) is 0. The standard InChI is InChI=1S/C26H23ClN2O5S2/c27-19-6-10-21(11-7-19)34-15-25(30)28-26-29(23-16-36(31,32)17-24(23)35-26)20-8-12-22(13-9-20)33-14-18-4-2-1-3-5-18/h1-13,23-24H,14-17H2/t23-,24-/m1/s1. The molecule has 3 aromatic rings. The molecule has 0 radical (unpaired) electrons. The number of hydrogen-bond acceptors (Lipinski definition) is 6. The van der Waals surface area contributed by atoms with Crippen molar-refractivity contribution in [1.82, 2.24) is 0 Å². The fourth-order valence-electron chi connectivity index (χ4n) is 4.13. The second-order valence-electron chi connectivity index (χ2n) is 8.47. The smallest absolute Gasteiger partial charge is 0.285 e. The lowest BCUT2D eigenvalue weighted by molar-refractivity contribution is -0.119. The number of sulfone groups is 1. The number of fused-ring (bicyclic) bond motifs is 1. The Hall–Kier alpha value is -3.01. The first-order chi connectivity index (χ1) is 17.4. The third kappa shape index (κ3) is 5.86. The van der Waals surface area contributed by atoms with Crippen LogP contribution in [-0.4, -0.2) is 48.9 Å². The highest BCUT2D eigenvalue weighted by Gasteiger charge is 2.49. The van der Waals surface area contributed by atoms with E-state index >= 15 is 0 Å². The molecule has 1 amide bonds. The van der Waals surface area contributed by atoms with E-state index in [0.29, 0.717) is 28.3 Å². The van der Waals surface area contributed by atoms with Crippen molar-refractivity contribution in [3.8, 4) is 11.5 Å². The molecule has 10 heteroatoms. The van der Waals surface area contributed by atoms with Gasteiger partial charge in [-0.15, -0.1) is 0 Å². The monoisotopic (exact) mass is 542 g/mol. The summed E-state index contributed by atoms with van der Waals surface area (Å²) in [7, 11) is -3.16. The first-order valence-corrected chi connectivity index (χ1v) is 14.4. The molecule has 3 aromatic carbocycles. The Balaban J connectivity index is 1.31. The minimum atomic E-state index is -3.16. The number of carbonyl (C=O) groups is 1. The summed E-state index contributed by atoms with van der Waals surface area (Å²) >= 11 is 7.20. The quantitative estimate of drug-likeness (QED) is 0.431. The van der Waals surface area contributed by atoms with Crippen molar-refractivity contribution in [2.45, 2.75) is 17.9 Å². The molecule has 0 aliphatic carbocycles. The van der Waals surface area contributed by atoms with E-state index in [1.54, 1.807) is 24.3 Å². The van der Waals surface area contributed by atoms with Crippen molar-refractivity contribution in [2.24, 2.45) is 4.99 Å². The molecule has 36 heavy (non-hydrogen) atoms. The van der Waals surface area contributed by atoms with E-state index in [9.17, 15) is 13.2 Å². The van der Waals surface area contributed by atoms with Gasteiger partial charge in [-0.2, -0.15) is 4.99 Å². The SMILES string of the molecule is O=C(COc1ccc(Cl)cc1)N=C1S[C@@H]2CS(=O)(=O)C[C@H]2N1c1ccc(OCc2ccccc2)cc1. The summed E-state index contributed by atoms with van der Waals surface area (Å²) in [6, 6.07) is 23.7. The van der Waals surface area contributed by atoms with Crippen molar-refractivity contribution in [2.75, 3.05) is 23.0 Å². The Morgan fingerprint density at radius 1 is 0.944 bits per heavy atom. The van der Waals surface area contributed by atoms with Gasteiger partial charge in [0.1, 0.15) is 18.1 Å². The van der Waals surface area contributed by atoms with Gasteiger partial charge in [-0.25, -0.2) is 8.42 Å². The van der Waals surface area contributed by atoms with E-state index in [1.165, 1.54) is 11.8 Å². The summed E-state index contributed by atoms with van der Waals surface area (Å²) in [5.74, 6) is 0.828. The number of aliphatic imine (C=N–C) groups is 1. The van der Waals surface area contributed by atoms with Crippen LogP contribution >= 0.6 is 23.4 Å². The number of rotatable bonds is 7. The van der Waals surface area contributed by atoms with Crippen LogP contribution in [0.2, 0.25) is 5.02 Å². The summed E-state index contributed by atoms with van der Waals surface area (Å²) < 4.78 is 36.0. The first-order valence-electron chi connectivity index (χ1n) is 11.3. The normalized spacial score (nSPS) is 21.4. The lowest BCUT2D eigenvalue weighted by Gasteiger charge is -2.24. The van der Waals surface area contributed by atoms with Crippen molar-refractivity contribution in [1.29, 1.82) is 0 Å². The number of hydrogen-bond donors (Lipinski definition) is 0. The number of halogens is 1. The molecular formula is C26H23ClN2O5S2. The molecule has 2 heterocycles. The van der Waals surface area contributed by atoms with Crippen molar-refractivity contribution in [3.05, 3.63) is 89.4 Å². The average Bonchev–Trinajstić information content (AvgIpc) is 3.34. The van der Waals surface area contributed by atoms with Crippen LogP contribution in [0.1, 0.15) is 5.56 Å². The molecule has 0 N–H and O–H groups in total. The molecule has 2 aliphatic rings. The van der Waals surface area contributed by atoms with Crippen molar-refractivity contribution in [3.63, 3.8) is 0 Å². The van der Waals surface area contributed by atoms with Gasteiger partial charge in [-0.1, -0.05) is 53.7 Å². The largest absolute Gasteiger partial charge is 0.489 e. The summed E-state index contributed by atoms with van der Waals surface area (Å²) in [4.78, 5) is 18.8. The van der Waals surface area contributed by atoms with Crippen molar-refractivity contribution < 1.29 is 22.7 Å². The molecule has 2 aliphatic heterocycles. The molecule has 2 atom stereocenters. The number of carbonyl (C=O) groups excluding carboxylic acids is 1. The molecule has 0 saturated carbocycles. The molecule has 0 unspecified atom stereocenters. The number of thioether (sulfide) groups is 1. The van der Waals surface area contributed by atoms with Gasteiger partial charge in [0, 0.05) is 16.0 Å². The predicted molar refractivity (Wildman–Crippen MR) is 143 cm³/mol. The number of anilines is 1. The Bertz CT molecular complexity index is 1360. The number of ether oxygens (including phenoxy) is 2. The average molecular weight is 543 g/mol. The first kappa shape index (κ1) is 24.7. The van der Waals surface area contributed by atoms with Crippen LogP contribution in [-0.2, 0) is 21.2 Å². The van der Waals surface area contributed by atoms with Crippen LogP contribution in [0, 0.1) is 0 Å². The third-order valence-electron chi connectivity index (χ3n) is 5.83. The van der Waals surface area contributed by atoms with Crippen LogP contribution in [0.25, 0.3) is 0 Å². The van der Waals surface area contributed by atoms with Crippen molar-refractivity contribution >= 4 is 50.0 Å². The summed E-state index contributed by atoms with van der Waals surface area (Å²) in [5.41, 5.74) is 1.81. The zero-order valence-corrected chi connectivity index (χ0v) is 21.5. The number of nitrogens with zero attached hydrogens (tertiary/aromatic N) is 2. The van der Waals surface area contributed by atoms with Crippen LogP contribution in [0.4, 0.5) is 5.69 Å². The van der Waals surface area contributed by atoms with E-state index < -0.39 is 15.7 Å². The predicted octanol–water partition coefficient (Wildman–Crippen LogP) is 4.60. The Labute approximate surface area is 219 Å². The fourth-order valence-corrected chi connectivity index (χ4v) is 8.18. The maximum absolute atomic E-state index is 12.6. The van der Waals surface area contributed by atoms with Crippen LogP contribution in [0.15, 0.2) is 83.9 Å². The lowest BCUT2D eigenvalue weighted by Crippen LogP contribution is -2.37. The maximum Gasteiger partial charge on any atom is 0.285 e. The topological polar surface area (TPSA) is 85.3 Å².